The van der Waals surface area contributed by atoms with E-state index in [-0.39, 0.29) is 12.2 Å². The van der Waals surface area contributed by atoms with Crippen LogP contribution in [0.25, 0.3) is 0 Å². The maximum Gasteiger partial charge on any atom is 0.416 e. The van der Waals surface area contributed by atoms with Gasteiger partial charge in [0.05, 0.1) is 17.9 Å². The average molecular weight is 279 g/mol. The summed E-state index contributed by atoms with van der Waals surface area (Å²) in [6.07, 6.45) is -4.47. The molecule has 0 aliphatic carbocycles. The minimum Gasteiger partial charge on any atom is -0.380 e. The molecular formula is C13H17F4NO. The van der Waals surface area contributed by atoms with Gasteiger partial charge in [-0.3, -0.25) is 0 Å². The molecule has 0 amide bonds. The number of rotatable bonds is 6. The first-order valence-corrected chi connectivity index (χ1v) is 5.99. The van der Waals surface area contributed by atoms with Gasteiger partial charge in [-0.2, -0.15) is 13.2 Å². The average Bonchev–Trinajstić information content (AvgIpc) is 2.29. The van der Waals surface area contributed by atoms with E-state index in [0.29, 0.717) is 19.1 Å². The Kier molecular flexibility index (Phi) is 5.60. The molecule has 0 bridgehead atoms. The summed E-state index contributed by atoms with van der Waals surface area (Å²) in [5, 5.41) is 2.60. The number of alkyl halides is 3. The molecule has 108 valence electrons. The van der Waals surface area contributed by atoms with Crippen LogP contribution in [0.3, 0.4) is 0 Å². The van der Waals surface area contributed by atoms with E-state index in [0.717, 1.165) is 18.2 Å². The molecule has 1 aromatic rings. The van der Waals surface area contributed by atoms with Crippen LogP contribution in [0.4, 0.5) is 23.2 Å². The van der Waals surface area contributed by atoms with E-state index in [1.807, 2.05) is 13.8 Å². The molecule has 0 unspecified atom stereocenters. The van der Waals surface area contributed by atoms with Crippen LogP contribution in [0.5, 0.6) is 0 Å². The zero-order valence-electron chi connectivity index (χ0n) is 10.9. The first-order valence-electron chi connectivity index (χ1n) is 5.99. The topological polar surface area (TPSA) is 21.3 Å². The fourth-order valence-electron chi connectivity index (χ4n) is 1.41. The minimum atomic E-state index is -4.47. The van der Waals surface area contributed by atoms with Crippen molar-refractivity contribution in [2.24, 2.45) is 5.92 Å². The molecule has 0 radical (unpaired) electrons. The van der Waals surface area contributed by atoms with Crippen molar-refractivity contribution in [3.05, 3.63) is 29.6 Å². The smallest absolute Gasteiger partial charge is 0.380 e. The Labute approximate surface area is 109 Å². The highest BCUT2D eigenvalue weighted by molar-refractivity contribution is 5.48. The third-order valence-corrected chi connectivity index (χ3v) is 2.31. The van der Waals surface area contributed by atoms with Gasteiger partial charge in [-0.1, -0.05) is 13.8 Å². The second-order valence-electron chi connectivity index (χ2n) is 4.59. The number of hydrogen-bond donors (Lipinski definition) is 1. The van der Waals surface area contributed by atoms with Crippen LogP contribution in [-0.4, -0.2) is 19.8 Å². The van der Waals surface area contributed by atoms with E-state index in [4.69, 9.17) is 4.74 Å². The summed E-state index contributed by atoms with van der Waals surface area (Å²) >= 11 is 0. The summed E-state index contributed by atoms with van der Waals surface area (Å²) in [5.74, 6) is -0.331. The van der Waals surface area contributed by atoms with Crippen molar-refractivity contribution >= 4 is 5.69 Å². The highest BCUT2D eigenvalue weighted by atomic mass is 19.4. The van der Waals surface area contributed by atoms with E-state index in [1.165, 1.54) is 0 Å². The zero-order chi connectivity index (χ0) is 14.5. The fraction of sp³-hybridized carbons (Fsp3) is 0.538. The number of halogens is 4. The first kappa shape index (κ1) is 15.8. The summed E-state index contributed by atoms with van der Waals surface area (Å²) in [6, 6.07) is 2.29. The predicted octanol–water partition coefficient (Wildman–Crippen LogP) is 3.93. The lowest BCUT2D eigenvalue weighted by Gasteiger charge is -2.12. The Morgan fingerprint density at radius 3 is 2.53 bits per heavy atom. The van der Waals surface area contributed by atoms with Crippen molar-refractivity contribution in [1.29, 1.82) is 0 Å². The lowest BCUT2D eigenvalue weighted by atomic mass is 10.2. The molecule has 0 aliphatic heterocycles. The number of anilines is 1. The molecule has 6 heteroatoms. The number of benzene rings is 1. The van der Waals surface area contributed by atoms with E-state index >= 15 is 0 Å². The molecule has 2 nitrogen and oxygen atoms in total. The highest BCUT2D eigenvalue weighted by Gasteiger charge is 2.31. The number of ether oxygens (including phenoxy) is 1. The quantitative estimate of drug-likeness (QED) is 0.629. The van der Waals surface area contributed by atoms with Crippen molar-refractivity contribution < 1.29 is 22.3 Å². The summed E-state index contributed by atoms with van der Waals surface area (Å²) < 4.78 is 55.9. The largest absolute Gasteiger partial charge is 0.416 e. The molecule has 19 heavy (non-hydrogen) atoms. The van der Waals surface area contributed by atoms with Gasteiger partial charge in [-0.25, -0.2) is 4.39 Å². The Hall–Kier alpha value is -1.30. The van der Waals surface area contributed by atoms with Crippen molar-refractivity contribution in [2.75, 3.05) is 25.1 Å². The van der Waals surface area contributed by atoms with Crippen molar-refractivity contribution in [3.8, 4) is 0 Å². The van der Waals surface area contributed by atoms with E-state index < -0.39 is 17.6 Å². The normalized spacial score (nSPS) is 11.9. The molecule has 0 saturated carbocycles. The van der Waals surface area contributed by atoms with Gasteiger partial charge < -0.3 is 10.1 Å². The van der Waals surface area contributed by atoms with Gasteiger partial charge in [0.2, 0.25) is 0 Å². The van der Waals surface area contributed by atoms with E-state index in [1.54, 1.807) is 0 Å². The van der Waals surface area contributed by atoms with Gasteiger partial charge >= 0.3 is 6.18 Å². The summed E-state index contributed by atoms with van der Waals surface area (Å²) in [7, 11) is 0. The summed E-state index contributed by atoms with van der Waals surface area (Å²) in [6.45, 7) is 5.10. The molecule has 0 aromatic heterocycles. The van der Waals surface area contributed by atoms with Crippen LogP contribution in [0.2, 0.25) is 0 Å². The molecular weight excluding hydrogens is 262 g/mol. The molecule has 0 atom stereocenters. The first-order chi connectivity index (χ1) is 8.80. The van der Waals surface area contributed by atoms with Crippen molar-refractivity contribution in [2.45, 2.75) is 20.0 Å². The van der Waals surface area contributed by atoms with Crippen molar-refractivity contribution in [3.63, 3.8) is 0 Å². The summed E-state index contributed by atoms with van der Waals surface area (Å²) in [4.78, 5) is 0. The Bertz CT molecular complexity index is 404. The van der Waals surface area contributed by atoms with E-state index in [2.05, 4.69) is 5.32 Å². The molecule has 0 fully saturated rings. The van der Waals surface area contributed by atoms with Gasteiger partial charge in [-0.05, 0) is 24.1 Å². The third kappa shape index (κ3) is 5.46. The van der Waals surface area contributed by atoms with Gasteiger partial charge in [0.15, 0.2) is 0 Å². The van der Waals surface area contributed by atoms with Crippen LogP contribution >= 0.6 is 0 Å². The van der Waals surface area contributed by atoms with Gasteiger partial charge in [0, 0.05) is 13.2 Å². The van der Waals surface area contributed by atoms with Gasteiger partial charge in [0.1, 0.15) is 5.82 Å². The maximum atomic E-state index is 13.3. The van der Waals surface area contributed by atoms with Crippen LogP contribution in [-0.2, 0) is 10.9 Å². The monoisotopic (exact) mass is 279 g/mol. The highest BCUT2D eigenvalue weighted by Crippen LogP contribution is 2.31. The van der Waals surface area contributed by atoms with Crippen LogP contribution in [0.15, 0.2) is 18.2 Å². The van der Waals surface area contributed by atoms with E-state index in [9.17, 15) is 17.6 Å². The number of nitrogens with one attached hydrogen (secondary N) is 1. The zero-order valence-corrected chi connectivity index (χ0v) is 10.9. The Morgan fingerprint density at radius 2 is 1.95 bits per heavy atom. The predicted molar refractivity (Wildman–Crippen MR) is 65.5 cm³/mol. The molecule has 1 aromatic carbocycles. The van der Waals surface area contributed by atoms with Crippen LogP contribution in [0.1, 0.15) is 19.4 Å². The van der Waals surface area contributed by atoms with Gasteiger partial charge in [-0.15, -0.1) is 0 Å². The van der Waals surface area contributed by atoms with Crippen LogP contribution in [0, 0.1) is 11.7 Å². The molecule has 0 saturated heterocycles. The molecule has 1 rings (SSSR count). The standard InChI is InChI=1S/C13H17F4NO/c1-9(2)8-19-6-5-18-12-7-10(13(15,16)17)3-4-11(12)14/h3-4,7,9,18H,5-6,8H2,1-2H3. The Balaban J connectivity index is 2.53. The third-order valence-electron chi connectivity index (χ3n) is 2.31. The second-order valence-corrected chi connectivity index (χ2v) is 4.59. The number of hydrogen-bond acceptors (Lipinski definition) is 2. The SMILES string of the molecule is CC(C)COCCNc1cc(C(F)(F)F)ccc1F. The summed E-state index contributed by atoms with van der Waals surface area (Å²) in [5.41, 5.74) is -1.04. The molecule has 0 spiro atoms. The lowest BCUT2D eigenvalue weighted by Crippen LogP contribution is -2.14. The fourth-order valence-corrected chi connectivity index (χ4v) is 1.41. The Morgan fingerprint density at radius 1 is 1.26 bits per heavy atom. The van der Waals surface area contributed by atoms with Crippen molar-refractivity contribution in [1.82, 2.24) is 0 Å². The molecule has 0 aliphatic rings. The molecule has 0 heterocycles. The van der Waals surface area contributed by atoms with Crippen LogP contribution < -0.4 is 5.32 Å². The molecule has 1 N–H and O–H groups in total. The minimum absolute atomic E-state index is 0.164. The lowest BCUT2D eigenvalue weighted by molar-refractivity contribution is -0.137. The second kappa shape index (κ2) is 6.75. The van der Waals surface area contributed by atoms with Gasteiger partial charge in [0.25, 0.3) is 0 Å². The maximum absolute atomic E-state index is 13.3.